The minimum Gasteiger partial charge on any atom is -0.346 e. The summed E-state index contributed by atoms with van der Waals surface area (Å²) in [5, 5.41) is 22.3. The van der Waals surface area contributed by atoms with Crippen LogP contribution < -0.4 is 5.32 Å². The second-order valence-electron chi connectivity index (χ2n) is 5.68. The van der Waals surface area contributed by atoms with Crippen molar-refractivity contribution in [3.8, 4) is 6.07 Å². The van der Waals surface area contributed by atoms with E-state index in [1.807, 2.05) is 6.92 Å². The first kappa shape index (κ1) is 18.1. The minimum absolute atomic E-state index is 0.0472. The van der Waals surface area contributed by atoms with E-state index in [9.17, 15) is 24.6 Å². The van der Waals surface area contributed by atoms with Crippen LogP contribution in [0.3, 0.4) is 0 Å². The molecule has 0 saturated heterocycles. The zero-order chi connectivity index (χ0) is 18.6. The van der Waals surface area contributed by atoms with Crippen molar-refractivity contribution in [2.45, 2.75) is 25.6 Å². The van der Waals surface area contributed by atoms with E-state index in [1.54, 1.807) is 19.1 Å². The zero-order valence-electron chi connectivity index (χ0n) is 13.7. The number of halogens is 1. The van der Waals surface area contributed by atoms with E-state index >= 15 is 0 Å². The molecule has 0 heterocycles. The van der Waals surface area contributed by atoms with Crippen LogP contribution in [-0.4, -0.2) is 10.8 Å². The maximum atomic E-state index is 15.0. The molecule has 1 amide bonds. The third kappa shape index (κ3) is 3.80. The summed E-state index contributed by atoms with van der Waals surface area (Å²) in [5.74, 6) is -1.08. The van der Waals surface area contributed by atoms with Gasteiger partial charge in [-0.3, -0.25) is 14.9 Å². The van der Waals surface area contributed by atoms with Crippen LogP contribution >= 0.6 is 0 Å². The van der Waals surface area contributed by atoms with Gasteiger partial charge < -0.3 is 5.32 Å². The molecular weight excluding hydrogens is 325 g/mol. The Bertz CT molecular complexity index is 828. The van der Waals surface area contributed by atoms with Crippen molar-refractivity contribution in [2.24, 2.45) is 0 Å². The number of nitriles is 1. The molecule has 2 atom stereocenters. The fourth-order valence-corrected chi connectivity index (χ4v) is 2.29. The summed E-state index contributed by atoms with van der Waals surface area (Å²) in [4.78, 5) is 22.4. The Morgan fingerprint density at radius 3 is 2.28 bits per heavy atom. The predicted molar refractivity (Wildman–Crippen MR) is 89.2 cm³/mol. The monoisotopic (exact) mass is 341 g/mol. The minimum atomic E-state index is -2.82. The van der Waals surface area contributed by atoms with Gasteiger partial charge in [0.1, 0.15) is 6.07 Å². The average Bonchev–Trinajstić information content (AvgIpc) is 2.61. The lowest BCUT2D eigenvalue weighted by molar-refractivity contribution is -0.384. The molecule has 0 aromatic heterocycles. The lowest BCUT2D eigenvalue weighted by Crippen LogP contribution is -2.41. The fourth-order valence-electron chi connectivity index (χ4n) is 2.29. The van der Waals surface area contributed by atoms with Crippen molar-refractivity contribution in [2.75, 3.05) is 0 Å². The van der Waals surface area contributed by atoms with Gasteiger partial charge in [0.15, 0.2) is 0 Å². The smallest absolute Gasteiger partial charge is 0.298 e. The summed E-state index contributed by atoms with van der Waals surface area (Å²) in [6.07, 6.45) is 0. The summed E-state index contributed by atoms with van der Waals surface area (Å²) >= 11 is 0. The highest BCUT2D eigenvalue weighted by molar-refractivity contribution is 5.89. The van der Waals surface area contributed by atoms with Crippen LogP contribution in [-0.2, 0) is 10.5 Å². The first-order valence-electron chi connectivity index (χ1n) is 7.50. The highest BCUT2D eigenvalue weighted by Gasteiger charge is 2.41. The fraction of sp³-hybridized carbons (Fsp3) is 0.222. The Morgan fingerprint density at radius 1 is 1.24 bits per heavy atom. The van der Waals surface area contributed by atoms with Crippen LogP contribution in [0.2, 0.25) is 0 Å². The van der Waals surface area contributed by atoms with Crippen molar-refractivity contribution < 1.29 is 14.1 Å². The highest BCUT2D eigenvalue weighted by atomic mass is 19.1. The number of amides is 1. The van der Waals surface area contributed by atoms with E-state index in [0.717, 1.165) is 5.56 Å². The molecular formula is C18H16FN3O3. The number of hydrogen-bond acceptors (Lipinski definition) is 4. The molecule has 2 aromatic rings. The van der Waals surface area contributed by atoms with Gasteiger partial charge in [-0.2, -0.15) is 5.26 Å². The molecule has 6 nitrogen and oxygen atoms in total. The van der Waals surface area contributed by atoms with E-state index < -0.39 is 22.5 Å². The molecule has 0 fully saturated rings. The van der Waals surface area contributed by atoms with Crippen LogP contribution in [0.1, 0.15) is 29.7 Å². The molecule has 7 heteroatoms. The van der Waals surface area contributed by atoms with Crippen molar-refractivity contribution in [1.29, 1.82) is 5.26 Å². The van der Waals surface area contributed by atoms with Crippen molar-refractivity contribution >= 4 is 11.6 Å². The third-order valence-corrected chi connectivity index (χ3v) is 3.87. The summed E-state index contributed by atoms with van der Waals surface area (Å²) in [5.41, 5.74) is -1.51. The Kier molecular flexibility index (Phi) is 5.13. The predicted octanol–water partition coefficient (Wildman–Crippen LogP) is 3.47. The van der Waals surface area contributed by atoms with Gasteiger partial charge in [0, 0.05) is 17.7 Å². The van der Waals surface area contributed by atoms with Crippen molar-refractivity contribution in [3.05, 3.63) is 75.3 Å². The number of nitro groups is 1. The number of nitrogens with one attached hydrogen (secondary N) is 1. The molecule has 0 aliphatic heterocycles. The first-order chi connectivity index (χ1) is 11.8. The summed E-state index contributed by atoms with van der Waals surface area (Å²) in [6, 6.07) is 12.4. The maximum absolute atomic E-state index is 15.0. The van der Waals surface area contributed by atoms with Crippen molar-refractivity contribution in [3.63, 3.8) is 0 Å². The number of carbonyl (C=O) groups excluding carboxylic acids is 1. The van der Waals surface area contributed by atoms with E-state index in [1.165, 1.54) is 42.5 Å². The second kappa shape index (κ2) is 7.09. The van der Waals surface area contributed by atoms with Gasteiger partial charge >= 0.3 is 0 Å². The number of alkyl halides is 1. The van der Waals surface area contributed by atoms with Gasteiger partial charge in [0.25, 0.3) is 17.3 Å². The van der Waals surface area contributed by atoms with Gasteiger partial charge in [0.05, 0.1) is 11.0 Å². The largest absolute Gasteiger partial charge is 0.346 e. The number of rotatable bonds is 5. The normalized spacial score (nSPS) is 14.0. The SMILES string of the molecule is Cc1ccc([C@](F)(C#N)C(=O)N[C@@H](C)c2ccc([N+](=O)[O-])cc2)cc1. The topological polar surface area (TPSA) is 96.0 Å². The summed E-state index contributed by atoms with van der Waals surface area (Å²) < 4.78 is 15.0. The van der Waals surface area contributed by atoms with Gasteiger partial charge in [-0.1, -0.05) is 42.0 Å². The van der Waals surface area contributed by atoms with Crippen molar-refractivity contribution in [1.82, 2.24) is 5.32 Å². The highest BCUT2D eigenvalue weighted by Crippen LogP contribution is 2.27. The van der Waals surface area contributed by atoms with E-state index in [4.69, 9.17) is 0 Å². The van der Waals surface area contributed by atoms with Gasteiger partial charge in [-0.25, -0.2) is 4.39 Å². The lowest BCUT2D eigenvalue weighted by Gasteiger charge is -2.21. The molecule has 0 radical (unpaired) electrons. The van der Waals surface area contributed by atoms with Crippen LogP contribution in [0.4, 0.5) is 10.1 Å². The number of nitro benzene ring substituents is 1. The Labute approximate surface area is 144 Å². The molecule has 0 saturated carbocycles. The Balaban J connectivity index is 2.19. The molecule has 0 bridgehead atoms. The van der Waals surface area contributed by atoms with Crippen LogP contribution in [0.5, 0.6) is 0 Å². The number of hydrogen-bond donors (Lipinski definition) is 1. The zero-order valence-corrected chi connectivity index (χ0v) is 13.7. The quantitative estimate of drug-likeness (QED) is 0.665. The van der Waals surface area contributed by atoms with E-state index in [-0.39, 0.29) is 11.3 Å². The molecule has 0 aliphatic carbocycles. The van der Waals surface area contributed by atoms with E-state index in [2.05, 4.69) is 5.32 Å². The van der Waals surface area contributed by atoms with Gasteiger partial charge in [-0.15, -0.1) is 0 Å². The number of nitrogens with zero attached hydrogens (tertiary/aromatic N) is 2. The molecule has 2 rings (SSSR count). The molecule has 0 aliphatic rings. The third-order valence-electron chi connectivity index (χ3n) is 3.87. The van der Waals surface area contributed by atoms with E-state index in [0.29, 0.717) is 5.56 Å². The average molecular weight is 341 g/mol. The Hall–Kier alpha value is -3.27. The molecule has 0 spiro atoms. The van der Waals surface area contributed by atoms with Crippen LogP contribution in [0.15, 0.2) is 48.5 Å². The lowest BCUT2D eigenvalue weighted by atomic mass is 9.94. The summed E-state index contributed by atoms with van der Waals surface area (Å²) in [7, 11) is 0. The second-order valence-corrected chi connectivity index (χ2v) is 5.68. The molecule has 25 heavy (non-hydrogen) atoms. The number of non-ortho nitro benzene ring substituents is 1. The van der Waals surface area contributed by atoms with Crippen LogP contribution in [0.25, 0.3) is 0 Å². The van der Waals surface area contributed by atoms with Gasteiger partial charge in [-0.05, 0) is 19.4 Å². The molecule has 1 N–H and O–H groups in total. The first-order valence-corrected chi connectivity index (χ1v) is 7.50. The number of carbonyl (C=O) groups is 1. The van der Waals surface area contributed by atoms with Gasteiger partial charge in [0.2, 0.25) is 0 Å². The molecule has 128 valence electrons. The molecule has 0 unspecified atom stereocenters. The molecule has 2 aromatic carbocycles. The number of aryl methyl sites for hydroxylation is 1. The maximum Gasteiger partial charge on any atom is 0.298 e. The standard InChI is InChI=1S/C18H16FN3O3/c1-12-3-7-15(8-4-12)18(19,11-20)17(23)21-13(2)14-5-9-16(10-6-14)22(24)25/h3-10,13H,1-2H3,(H,21,23)/t13-,18+/m0/s1. The number of benzene rings is 2. The summed E-state index contributed by atoms with van der Waals surface area (Å²) in [6.45, 7) is 3.42. The Morgan fingerprint density at radius 2 is 1.80 bits per heavy atom. The van der Waals surface area contributed by atoms with Crippen LogP contribution in [0, 0.1) is 28.4 Å².